The molecular weight excluding hydrogens is 444 g/mol. The van der Waals surface area contributed by atoms with E-state index < -0.39 is 15.9 Å². The summed E-state index contributed by atoms with van der Waals surface area (Å²) in [7, 11) is -3.69. The van der Waals surface area contributed by atoms with E-state index in [-0.39, 0.29) is 18.5 Å². The van der Waals surface area contributed by atoms with Crippen LogP contribution in [0.5, 0.6) is 0 Å². The minimum Gasteiger partial charge on any atom is -0.345 e. The van der Waals surface area contributed by atoms with Gasteiger partial charge in [0.2, 0.25) is 15.9 Å². The van der Waals surface area contributed by atoms with Crippen LogP contribution >= 0.6 is 0 Å². The van der Waals surface area contributed by atoms with E-state index in [0.717, 1.165) is 27.8 Å². The van der Waals surface area contributed by atoms with E-state index in [4.69, 9.17) is 0 Å². The molecule has 3 aromatic carbocycles. The van der Waals surface area contributed by atoms with Crippen molar-refractivity contribution in [1.82, 2.24) is 9.62 Å². The summed E-state index contributed by atoms with van der Waals surface area (Å²) >= 11 is 0. The normalized spacial score (nSPS) is 17.0. The summed E-state index contributed by atoms with van der Waals surface area (Å²) in [5.41, 5.74) is 4.52. The number of sulfonamides is 1. The average Bonchev–Trinajstić information content (AvgIpc) is 2.82. The summed E-state index contributed by atoms with van der Waals surface area (Å²) in [5.74, 6) is -0.514. The number of rotatable bonds is 6. The number of nitrogens with zero attached hydrogens (tertiary/aromatic N) is 1. The van der Waals surface area contributed by atoms with Crippen LogP contribution in [0.4, 0.5) is 0 Å². The molecule has 0 aliphatic carbocycles. The maximum absolute atomic E-state index is 13.6. The standard InChI is InChI=1S/C28H32N2O3S/c1-20-17-21(2)27(22(3)18-20)34(32,33)30-16-10-15-25(19-30)28(31)29-26(23-11-6-4-7-12-23)24-13-8-5-9-14-24/h4-9,11-14,17-18,25-26H,10,15-16,19H2,1-3H3,(H,29,31)/t25-/m1/s1. The third kappa shape index (κ3) is 5.08. The van der Waals surface area contributed by atoms with Crippen molar-refractivity contribution in [2.24, 2.45) is 5.92 Å². The quantitative estimate of drug-likeness (QED) is 0.549. The molecule has 1 amide bonds. The van der Waals surface area contributed by atoms with E-state index in [2.05, 4.69) is 5.32 Å². The van der Waals surface area contributed by atoms with Crippen molar-refractivity contribution in [2.75, 3.05) is 13.1 Å². The molecule has 6 heteroatoms. The highest BCUT2D eigenvalue weighted by molar-refractivity contribution is 7.89. The second kappa shape index (κ2) is 10.1. The van der Waals surface area contributed by atoms with Gasteiger partial charge in [-0.25, -0.2) is 8.42 Å². The van der Waals surface area contributed by atoms with Crippen molar-refractivity contribution in [2.45, 2.75) is 44.6 Å². The molecule has 178 valence electrons. The third-order valence-corrected chi connectivity index (χ3v) is 8.68. The van der Waals surface area contributed by atoms with E-state index in [1.54, 1.807) is 0 Å². The van der Waals surface area contributed by atoms with Crippen molar-refractivity contribution in [3.63, 3.8) is 0 Å². The molecule has 1 N–H and O–H groups in total. The molecule has 1 saturated heterocycles. The highest BCUT2D eigenvalue weighted by atomic mass is 32.2. The number of carbonyl (C=O) groups is 1. The fraction of sp³-hybridized carbons (Fsp3) is 0.321. The van der Waals surface area contributed by atoms with Crippen LogP contribution in [0.1, 0.15) is 46.7 Å². The molecule has 1 atom stereocenters. The Morgan fingerprint density at radius 3 is 1.97 bits per heavy atom. The van der Waals surface area contributed by atoms with Gasteiger partial charge in [0.05, 0.1) is 16.9 Å². The third-order valence-electron chi connectivity index (χ3n) is 6.51. The minimum atomic E-state index is -3.69. The Kier molecular flexibility index (Phi) is 7.19. The lowest BCUT2D eigenvalue weighted by Gasteiger charge is -2.33. The zero-order valence-electron chi connectivity index (χ0n) is 20.0. The average molecular weight is 477 g/mol. The molecular formula is C28H32N2O3S. The number of amides is 1. The Bertz CT molecular complexity index is 1190. The fourth-order valence-corrected chi connectivity index (χ4v) is 6.92. The van der Waals surface area contributed by atoms with Gasteiger partial charge >= 0.3 is 0 Å². The molecule has 4 rings (SSSR count). The van der Waals surface area contributed by atoms with Crippen LogP contribution in [0.2, 0.25) is 0 Å². The second-order valence-corrected chi connectivity index (χ2v) is 11.1. The van der Waals surface area contributed by atoms with Crippen LogP contribution in [-0.4, -0.2) is 31.7 Å². The molecule has 0 aromatic heterocycles. The van der Waals surface area contributed by atoms with Crippen LogP contribution in [-0.2, 0) is 14.8 Å². The van der Waals surface area contributed by atoms with Crippen molar-refractivity contribution in [1.29, 1.82) is 0 Å². The summed E-state index contributed by atoms with van der Waals surface area (Å²) in [5, 5.41) is 3.20. The largest absolute Gasteiger partial charge is 0.345 e. The smallest absolute Gasteiger partial charge is 0.243 e. The van der Waals surface area contributed by atoms with Crippen LogP contribution in [0.15, 0.2) is 77.7 Å². The maximum Gasteiger partial charge on any atom is 0.243 e. The molecule has 0 saturated carbocycles. The van der Waals surface area contributed by atoms with E-state index in [1.165, 1.54) is 4.31 Å². The highest BCUT2D eigenvalue weighted by Crippen LogP contribution is 2.30. The number of benzene rings is 3. The Morgan fingerprint density at radius 2 is 1.44 bits per heavy atom. The molecule has 5 nitrogen and oxygen atoms in total. The number of carbonyl (C=O) groups excluding carboxylic acids is 1. The van der Waals surface area contributed by atoms with Crippen molar-refractivity contribution in [3.05, 3.63) is 101 Å². The van der Waals surface area contributed by atoms with Crippen molar-refractivity contribution < 1.29 is 13.2 Å². The first-order valence-corrected chi connectivity index (χ1v) is 13.2. The summed E-state index contributed by atoms with van der Waals surface area (Å²) in [6, 6.07) is 23.2. The first kappa shape index (κ1) is 24.2. The van der Waals surface area contributed by atoms with E-state index in [9.17, 15) is 13.2 Å². The predicted octanol–water partition coefficient (Wildman–Crippen LogP) is 4.92. The number of piperidine rings is 1. The summed E-state index contributed by atoms with van der Waals surface area (Å²) in [6.07, 6.45) is 1.32. The van der Waals surface area contributed by atoms with Gasteiger partial charge in [0.25, 0.3) is 0 Å². The lowest BCUT2D eigenvalue weighted by molar-refractivity contribution is -0.126. The summed E-state index contributed by atoms with van der Waals surface area (Å²) in [4.78, 5) is 13.8. The van der Waals surface area contributed by atoms with Gasteiger partial charge in [0.1, 0.15) is 0 Å². The van der Waals surface area contributed by atoms with E-state index in [0.29, 0.717) is 24.3 Å². The molecule has 1 fully saturated rings. The SMILES string of the molecule is Cc1cc(C)c(S(=O)(=O)N2CCC[C@@H](C(=O)NC(c3ccccc3)c3ccccc3)C2)c(C)c1. The molecule has 0 spiro atoms. The van der Waals surface area contributed by atoms with Gasteiger partial charge in [-0.2, -0.15) is 4.31 Å². The van der Waals surface area contributed by atoms with Crippen molar-refractivity contribution >= 4 is 15.9 Å². The molecule has 1 aliphatic rings. The molecule has 0 unspecified atom stereocenters. The number of hydrogen-bond acceptors (Lipinski definition) is 3. The van der Waals surface area contributed by atoms with Gasteiger partial charge < -0.3 is 5.32 Å². The highest BCUT2D eigenvalue weighted by Gasteiger charge is 2.35. The Balaban J connectivity index is 1.56. The monoisotopic (exact) mass is 476 g/mol. The molecule has 0 bridgehead atoms. The number of aryl methyl sites for hydroxylation is 3. The number of nitrogens with one attached hydrogen (secondary N) is 1. The van der Waals surface area contributed by atoms with Crippen LogP contribution in [0, 0.1) is 26.7 Å². The molecule has 3 aromatic rings. The Labute approximate surface area is 202 Å². The number of hydrogen-bond donors (Lipinski definition) is 1. The first-order chi connectivity index (χ1) is 16.3. The molecule has 1 heterocycles. The van der Waals surface area contributed by atoms with Gasteiger partial charge in [-0.3, -0.25) is 4.79 Å². The van der Waals surface area contributed by atoms with Crippen LogP contribution in [0.3, 0.4) is 0 Å². The summed E-state index contributed by atoms with van der Waals surface area (Å²) < 4.78 is 28.6. The molecule has 34 heavy (non-hydrogen) atoms. The second-order valence-electron chi connectivity index (χ2n) is 9.19. The van der Waals surface area contributed by atoms with Crippen LogP contribution in [0.25, 0.3) is 0 Å². The topological polar surface area (TPSA) is 66.5 Å². The van der Waals surface area contributed by atoms with E-state index >= 15 is 0 Å². The lowest BCUT2D eigenvalue weighted by atomic mass is 9.95. The van der Waals surface area contributed by atoms with Gasteiger partial charge in [0, 0.05) is 13.1 Å². The lowest BCUT2D eigenvalue weighted by Crippen LogP contribution is -2.46. The Morgan fingerprint density at radius 1 is 0.912 bits per heavy atom. The van der Waals surface area contributed by atoms with Crippen molar-refractivity contribution in [3.8, 4) is 0 Å². The fourth-order valence-electron chi connectivity index (χ4n) is 4.99. The predicted molar refractivity (Wildman–Crippen MR) is 135 cm³/mol. The molecule has 1 aliphatic heterocycles. The van der Waals surface area contributed by atoms with Crippen LogP contribution < -0.4 is 5.32 Å². The Hall–Kier alpha value is -2.96. The maximum atomic E-state index is 13.6. The van der Waals surface area contributed by atoms with E-state index in [1.807, 2.05) is 93.6 Å². The molecule has 0 radical (unpaired) electrons. The first-order valence-electron chi connectivity index (χ1n) is 11.8. The zero-order valence-corrected chi connectivity index (χ0v) is 20.8. The van der Waals surface area contributed by atoms with Gasteiger partial charge in [-0.1, -0.05) is 78.4 Å². The van der Waals surface area contributed by atoms with Gasteiger partial charge in [0.15, 0.2) is 0 Å². The van der Waals surface area contributed by atoms with Gasteiger partial charge in [-0.15, -0.1) is 0 Å². The zero-order chi connectivity index (χ0) is 24.3. The summed E-state index contributed by atoms with van der Waals surface area (Å²) in [6.45, 7) is 6.26. The van der Waals surface area contributed by atoms with Gasteiger partial charge in [-0.05, 0) is 55.9 Å². The minimum absolute atomic E-state index is 0.116.